The van der Waals surface area contributed by atoms with E-state index in [0.29, 0.717) is 6.61 Å². The normalized spacial score (nSPS) is 11.8. The van der Waals surface area contributed by atoms with Crippen LogP contribution in [0.15, 0.2) is 24.3 Å². The fraction of sp³-hybridized carbons (Fsp3) is 0.667. The molecule has 0 aromatic heterocycles. The summed E-state index contributed by atoms with van der Waals surface area (Å²) >= 11 is 0. The van der Waals surface area contributed by atoms with Crippen molar-refractivity contribution < 1.29 is 5.11 Å². The fourth-order valence-electron chi connectivity index (χ4n) is 1.12. The van der Waals surface area contributed by atoms with Gasteiger partial charge in [0.1, 0.15) is 0 Å². The first-order valence-corrected chi connectivity index (χ1v) is 5.34. The van der Waals surface area contributed by atoms with E-state index in [1.165, 1.54) is 19.3 Å². The molecule has 76 valence electrons. The molecule has 0 amide bonds. The Morgan fingerprint density at radius 2 is 1.62 bits per heavy atom. The summed E-state index contributed by atoms with van der Waals surface area (Å²) in [6, 6.07) is 0. The van der Waals surface area contributed by atoms with Crippen molar-refractivity contribution in [1.29, 1.82) is 0 Å². The van der Waals surface area contributed by atoms with Crippen molar-refractivity contribution in [1.82, 2.24) is 0 Å². The number of unbranched alkanes of at least 4 members (excludes halogenated alkanes) is 4. The SMILES string of the molecule is CC/C=C/C=C/CCCCCCO. The van der Waals surface area contributed by atoms with Gasteiger partial charge in [-0.1, -0.05) is 44.1 Å². The molecule has 0 bridgehead atoms. The molecule has 0 heterocycles. The van der Waals surface area contributed by atoms with E-state index in [-0.39, 0.29) is 0 Å². The van der Waals surface area contributed by atoms with Gasteiger partial charge in [0.2, 0.25) is 0 Å². The molecule has 1 nitrogen and oxygen atoms in total. The number of hydrogen-bond acceptors (Lipinski definition) is 1. The third-order valence-electron chi connectivity index (χ3n) is 1.90. The second-order valence-corrected chi connectivity index (χ2v) is 3.19. The predicted molar refractivity (Wildman–Crippen MR) is 58.7 cm³/mol. The zero-order valence-electron chi connectivity index (χ0n) is 8.71. The minimum Gasteiger partial charge on any atom is -0.396 e. The first kappa shape index (κ1) is 12.4. The molecule has 0 spiro atoms. The molecule has 0 radical (unpaired) electrons. The smallest absolute Gasteiger partial charge is 0.0431 e. The van der Waals surface area contributed by atoms with Crippen LogP contribution in [0.3, 0.4) is 0 Å². The molecule has 0 aromatic rings. The lowest BCUT2D eigenvalue weighted by molar-refractivity contribution is 0.282. The van der Waals surface area contributed by atoms with Crippen LogP contribution in [0.4, 0.5) is 0 Å². The summed E-state index contributed by atoms with van der Waals surface area (Å²) in [5.41, 5.74) is 0. The van der Waals surface area contributed by atoms with Crippen molar-refractivity contribution in [3.05, 3.63) is 24.3 Å². The lowest BCUT2D eigenvalue weighted by atomic mass is 10.1. The van der Waals surface area contributed by atoms with Crippen LogP contribution < -0.4 is 0 Å². The molecule has 13 heavy (non-hydrogen) atoms. The van der Waals surface area contributed by atoms with Crippen molar-refractivity contribution in [2.45, 2.75) is 45.4 Å². The van der Waals surface area contributed by atoms with Crippen LogP contribution in [0.5, 0.6) is 0 Å². The minimum absolute atomic E-state index is 0.342. The van der Waals surface area contributed by atoms with Gasteiger partial charge in [-0.3, -0.25) is 0 Å². The Labute approximate surface area is 82.2 Å². The van der Waals surface area contributed by atoms with Crippen molar-refractivity contribution in [2.75, 3.05) is 6.61 Å². The van der Waals surface area contributed by atoms with Crippen LogP contribution in [-0.4, -0.2) is 11.7 Å². The van der Waals surface area contributed by atoms with E-state index in [4.69, 9.17) is 5.11 Å². The number of allylic oxidation sites excluding steroid dienone is 4. The van der Waals surface area contributed by atoms with Crippen LogP contribution in [0.25, 0.3) is 0 Å². The molecular formula is C12H22O. The second kappa shape index (κ2) is 11.4. The van der Waals surface area contributed by atoms with Crippen LogP contribution in [0, 0.1) is 0 Å². The second-order valence-electron chi connectivity index (χ2n) is 3.19. The Kier molecular flexibility index (Phi) is 10.9. The van der Waals surface area contributed by atoms with Crippen LogP contribution >= 0.6 is 0 Å². The molecule has 0 aliphatic rings. The van der Waals surface area contributed by atoms with E-state index in [9.17, 15) is 0 Å². The summed E-state index contributed by atoms with van der Waals surface area (Å²) in [5, 5.41) is 8.54. The summed E-state index contributed by atoms with van der Waals surface area (Å²) < 4.78 is 0. The van der Waals surface area contributed by atoms with Gasteiger partial charge >= 0.3 is 0 Å². The third-order valence-corrected chi connectivity index (χ3v) is 1.90. The Hall–Kier alpha value is -0.560. The zero-order valence-corrected chi connectivity index (χ0v) is 8.71. The highest BCUT2D eigenvalue weighted by atomic mass is 16.2. The Balaban J connectivity index is 3.06. The molecular weight excluding hydrogens is 160 g/mol. The van der Waals surface area contributed by atoms with Gasteiger partial charge in [-0.2, -0.15) is 0 Å². The van der Waals surface area contributed by atoms with Gasteiger partial charge in [0.25, 0.3) is 0 Å². The van der Waals surface area contributed by atoms with Gasteiger partial charge in [-0.25, -0.2) is 0 Å². The standard InChI is InChI=1S/C12H22O/c1-2-3-4-5-6-7-8-9-10-11-12-13/h3-6,13H,2,7-12H2,1H3/b4-3+,6-5+. The average Bonchev–Trinajstić information content (AvgIpc) is 2.16. The molecule has 0 unspecified atom stereocenters. The molecule has 1 N–H and O–H groups in total. The fourth-order valence-corrected chi connectivity index (χ4v) is 1.12. The van der Waals surface area contributed by atoms with Crippen molar-refractivity contribution in [2.24, 2.45) is 0 Å². The summed E-state index contributed by atoms with van der Waals surface area (Å²) in [6.07, 6.45) is 15.5. The van der Waals surface area contributed by atoms with Gasteiger partial charge in [0.05, 0.1) is 0 Å². The number of aliphatic hydroxyl groups excluding tert-OH is 1. The molecule has 1 heteroatoms. The first-order valence-electron chi connectivity index (χ1n) is 5.34. The highest BCUT2D eigenvalue weighted by molar-refractivity contribution is 5.01. The number of hydrogen-bond donors (Lipinski definition) is 1. The van der Waals surface area contributed by atoms with Crippen molar-refractivity contribution >= 4 is 0 Å². The Morgan fingerprint density at radius 1 is 0.923 bits per heavy atom. The third kappa shape index (κ3) is 11.4. The minimum atomic E-state index is 0.342. The van der Waals surface area contributed by atoms with Crippen LogP contribution in [0.2, 0.25) is 0 Å². The maximum Gasteiger partial charge on any atom is 0.0431 e. The molecule has 0 aromatic carbocycles. The summed E-state index contributed by atoms with van der Waals surface area (Å²) in [7, 11) is 0. The molecule has 0 aliphatic heterocycles. The largest absolute Gasteiger partial charge is 0.396 e. The molecule has 0 atom stereocenters. The van der Waals surface area contributed by atoms with Crippen molar-refractivity contribution in [3.63, 3.8) is 0 Å². The molecule has 0 fully saturated rings. The van der Waals surface area contributed by atoms with E-state index >= 15 is 0 Å². The van der Waals surface area contributed by atoms with E-state index in [2.05, 4.69) is 31.2 Å². The Morgan fingerprint density at radius 3 is 2.31 bits per heavy atom. The predicted octanol–water partition coefficient (Wildman–Crippen LogP) is 3.45. The molecule has 0 aliphatic carbocycles. The quantitative estimate of drug-likeness (QED) is 0.450. The Bertz CT molecular complexity index is 136. The highest BCUT2D eigenvalue weighted by Crippen LogP contribution is 2.02. The maximum absolute atomic E-state index is 8.54. The van der Waals surface area contributed by atoms with E-state index < -0.39 is 0 Å². The molecule has 0 rings (SSSR count). The molecule has 0 saturated heterocycles. The van der Waals surface area contributed by atoms with Gasteiger partial charge in [-0.15, -0.1) is 0 Å². The van der Waals surface area contributed by atoms with Gasteiger partial charge in [0.15, 0.2) is 0 Å². The summed E-state index contributed by atoms with van der Waals surface area (Å²) in [6.45, 7) is 2.48. The van der Waals surface area contributed by atoms with Crippen LogP contribution in [-0.2, 0) is 0 Å². The number of rotatable bonds is 8. The number of aliphatic hydroxyl groups is 1. The molecule has 0 saturated carbocycles. The topological polar surface area (TPSA) is 20.2 Å². The van der Waals surface area contributed by atoms with E-state index in [1.807, 2.05) is 0 Å². The van der Waals surface area contributed by atoms with Gasteiger partial charge < -0.3 is 5.11 Å². The maximum atomic E-state index is 8.54. The zero-order chi connectivity index (χ0) is 9.78. The summed E-state index contributed by atoms with van der Waals surface area (Å²) in [5.74, 6) is 0. The van der Waals surface area contributed by atoms with E-state index in [1.54, 1.807) is 0 Å². The average molecular weight is 182 g/mol. The van der Waals surface area contributed by atoms with E-state index in [0.717, 1.165) is 19.3 Å². The van der Waals surface area contributed by atoms with Gasteiger partial charge in [0, 0.05) is 6.61 Å². The van der Waals surface area contributed by atoms with Crippen LogP contribution in [0.1, 0.15) is 45.4 Å². The lowest BCUT2D eigenvalue weighted by Crippen LogP contribution is -1.82. The lowest BCUT2D eigenvalue weighted by Gasteiger charge is -1.94. The monoisotopic (exact) mass is 182 g/mol. The first-order chi connectivity index (χ1) is 6.41. The summed E-state index contributed by atoms with van der Waals surface area (Å²) in [4.78, 5) is 0. The highest BCUT2D eigenvalue weighted by Gasteiger charge is 1.85. The van der Waals surface area contributed by atoms with Crippen molar-refractivity contribution in [3.8, 4) is 0 Å². The van der Waals surface area contributed by atoms with Gasteiger partial charge in [-0.05, 0) is 25.7 Å².